The van der Waals surface area contributed by atoms with E-state index in [2.05, 4.69) is 15.8 Å². The highest BCUT2D eigenvalue weighted by atomic mass is 35.5. The molecule has 0 unspecified atom stereocenters. The van der Waals surface area contributed by atoms with Crippen LogP contribution < -0.4 is 27.2 Å². The van der Waals surface area contributed by atoms with Gasteiger partial charge in [-0.25, -0.2) is 14.6 Å². The lowest BCUT2D eigenvalue weighted by Gasteiger charge is -2.09. The number of carbonyl (C=O) groups is 1. The molecule has 1 aromatic heterocycles. The van der Waals surface area contributed by atoms with Crippen molar-refractivity contribution >= 4 is 40.0 Å². The van der Waals surface area contributed by atoms with Gasteiger partial charge in [-0.1, -0.05) is 17.7 Å². The Kier molecular flexibility index (Phi) is 6.62. The van der Waals surface area contributed by atoms with Crippen molar-refractivity contribution in [2.75, 3.05) is 5.32 Å². The second-order valence-electron chi connectivity index (χ2n) is 7.12. The van der Waals surface area contributed by atoms with Crippen molar-refractivity contribution in [2.45, 2.75) is 6.61 Å². The van der Waals surface area contributed by atoms with E-state index in [0.29, 0.717) is 17.0 Å². The predicted octanol–water partition coefficient (Wildman–Crippen LogP) is 4.28. The van der Waals surface area contributed by atoms with Crippen molar-refractivity contribution in [1.82, 2.24) is 5.43 Å². The van der Waals surface area contributed by atoms with Gasteiger partial charge in [0.25, 0.3) is 5.91 Å². The highest BCUT2D eigenvalue weighted by molar-refractivity contribution is 6.30. The van der Waals surface area contributed by atoms with Gasteiger partial charge in [-0.15, -0.1) is 0 Å². The maximum atomic E-state index is 14.5. The number of nitrogens with two attached hydrogens (primary N) is 2. The Morgan fingerprint density at radius 1 is 1.06 bits per heavy atom. The van der Waals surface area contributed by atoms with Crippen molar-refractivity contribution in [3.8, 4) is 5.75 Å². The van der Waals surface area contributed by atoms with Crippen LogP contribution in [0.15, 0.2) is 70.4 Å². The molecule has 0 saturated heterocycles. The van der Waals surface area contributed by atoms with Crippen molar-refractivity contribution in [1.29, 1.82) is 0 Å². The van der Waals surface area contributed by atoms with Gasteiger partial charge >= 0.3 is 0 Å². The zero-order chi connectivity index (χ0) is 24.2. The number of benzene rings is 3. The molecule has 3 aromatic carbocycles. The van der Waals surface area contributed by atoms with Gasteiger partial charge in [-0.2, -0.15) is 5.10 Å². The molecule has 0 aliphatic heterocycles. The first-order chi connectivity index (χ1) is 16.4. The first kappa shape index (κ1) is 23.0. The van der Waals surface area contributed by atoms with E-state index < -0.39 is 17.5 Å². The van der Waals surface area contributed by atoms with Crippen molar-refractivity contribution in [3.05, 3.63) is 94.2 Å². The molecule has 11 heteroatoms. The summed E-state index contributed by atoms with van der Waals surface area (Å²) in [7, 11) is 0. The molecule has 0 atom stereocenters. The van der Waals surface area contributed by atoms with Crippen molar-refractivity contribution < 1.29 is 22.7 Å². The van der Waals surface area contributed by atoms with Crippen LogP contribution in [0.1, 0.15) is 21.5 Å². The second kappa shape index (κ2) is 9.77. The van der Waals surface area contributed by atoms with Crippen LogP contribution in [-0.2, 0) is 6.61 Å². The SMILES string of the molecule is NN=C(NN)c1cc2occ(C(=O)Nc3ccc(OCc4ccc(F)c(Cl)c4)cc3)c2cc1F. The Balaban J connectivity index is 1.45. The van der Waals surface area contributed by atoms with Crippen LogP contribution >= 0.6 is 11.6 Å². The predicted molar refractivity (Wildman–Crippen MR) is 124 cm³/mol. The Bertz CT molecular complexity index is 1390. The fourth-order valence-corrected chi connectivity index (χ4v) is 3.42. The van der Waals surface area contributed by atoms with Gasteiger partial charge in [0.15, 0.2) is 5.84 Å². The minimum Gasteiger partial charge on any atom is -0.489 e. The molecule has 4 aromatic rings. The Morgan fingerprint density at radius 2 is 1.82 bits per heavy atom. The summed E-state index contributed by atoms with van der Waals surface area (Å²) in [6.07, 6.45) is 1.23. The number of nitrogens with one attached hydrogen (secondary N) is 2. The number of furan rings is 1. The smallest absolute Gasteiger partial charge is 0.259 e. The van der Waals surface area contributed by atoms with E-state index in [0.717, 1.165) is 6.07 Å². The van der Waals surface area contributed by atoms with Crippen LogP contribution in [0.5, 0.6) is 5.75 Å². The summed E-state index contributed by atoms with van der Waals surface area (Å²) in [6.45, 7) is 0.191. The summed E-state index contributed by atoms with van der Waals surface area (Å²) in [5, 5.41) is 6.38. The summed E-state index contributed by atoms with van der Waals surface area (Å²) in [4.78, 5) is 12.7. The van der Waals surface area contributed by atoms with Gasteiger partial charge in [0, 0.05) is 11.1 Å². The van der Waals surface area contributed by atoms with Crippen LogP contribution in [0.2, 0.25) is 5.02 Å². The monoisotopic (exact) mass is 485 g/mol. The molecule has 6 N–H and O–H groups in total. The number of carbonyl (C=O) groups excluding carboxylic acids is 1. The van der Waals surface area contributed by atoms with E-state index in [4.69, 9.17) is 32.4 Å². The molecule has 8 nitrogen and oxygen atoms in total. The normalized spacial score (nSPS) is 11.5. The average Bonchev–Trinajstić information content (AvgIpc) is 3.24. The first-order valence-electron chi connectivity index (χ1n) is 9.83. The standard InChI is InChI=1S/C23H18ClF2N5O3/c24-18-7-12(1-6-19(18)25)10-33-14-4-2-13(3-5-14)29-23(32)17-11-34-21-9-16(22(30-27)31-28)20(26)8-15(17)21/h1-9,11H,10,27-28H2,(H,29,32)(H,30,31). The number of hydrazone groups is 1. The molecule has 1 heterocycles. The lowest BCUT2D eigenvalue weighted by atomic mass is 10.1. The number of amidine groups is 1. The van der Waals surface area contributed by atoms with E-state index in [1.54, 1.807) is 30.3 Å². The molecule has 0 fully saturated rings. The van der Waals surface area contributed by atoms with E-state index in [9.17, 15) is 13.6 Å². The zero-order valence-corrected chi connectivity index (χ0v) is 18.2. The Labute approximate surface area is 197 Å². The number of rotatable bonds is 6. The topological polar surface area (TPSA) is 128 Å². The number of fused-ring (bicyclic) bond motifs is 1. The first-order valence-corrected chi connectivity index (χ1v) is 10.2. The number of halogens is 3. The van der Waals surface area contributed by atoms with Crippen LogP contribution in [0.25, 0.3) is 11.0 Å². The fourth-order valence-electron chi connectivity index (χ4n) is 3.22. The third-order valence-corrected chi connectivity index (χ3v) is 5.22. The van der Waals surface area contributed by atoms with Crippen molar-refractivity contribution in [3.63, 3.8) is 0 Å². The third kappa shape index (κ3) is 4.77. The summed E-state index contributed by atoms with van der Waals surface area (Å²) in [5.41, 5.74) is 3.78. The average molecular weight is 486 g/mol. The van der Waals surface area contributed by atoms with Gasteiger partial charge in [0.1, 0.15) is 35.8 Å². The third-order valence-electron chi connectivity index (χ3n) is 4.93. The summed E-state index contributed by atoms with van der Waals surface area (Å²) in [5.74, 6) is 9.26. The molecule has 0 aliphatic rings. The number of amides is 1. The van der Waals surface area contributed by atoms with Gasteiger partial charge < -0.3 is 25.7 Å². The van der Waals surface area contributed by atoms with Gasteiger partial charge in [0.2, 0.25) is 0 Å². The summed E-state index contributed by atoms with van der Waals surface area (Å²) >= 11 is 5.77. The molecule has 0 radical (unpaired) electrons. The number of ether oxygens (including phenoxy) is 1. The molecular formula is C23H18ClF2N5O3. The van der Waals surface area contributed by atoms with E-state index in [1.165, 1.54) is 24.5 Å². The maximum absolute atomic E-state index is 14.5. The molecule has 0 saturated carbocycles. The zero-order valence-electron chi connectivity index (χ0n) is 17.4. The van der Waals surface area contributed by atoms with E-state index >= 15 is 0 Å². The number of hydrogen-bond acceptors (Lipinski definition) is 6. The molecular weight excluding hydrogens is 468 g/mol. The summed E-state index contributed by atoms with van der Waals surface area (Å²) < 4.78 is 38.8. The molecule has 0 bridgehead atoms. The minimum atomic E-state index is -0.686. The quantitative estimate of drug-likeness (QED) is 0.140. The van der Waals surface area contributed by atoms with Crippen LogP contribution in [0.4, 0.5) is 14.5 Å². The molecule has 0 spiro atoms. The number of hydrogen-bond donors (Lipinski definition) is 4. The lowest BCUT2D eigenvalue weighted by molar-refractivity contribution is 0.102. The second-order valence-corrected chi connectivity index (χ2v) is 7.52. The Morgan fingerprint density at radius 3 is 2.50 bits per heavy atom. The molecule has 1 amide bonds. The molecule has 174 valence electrons. The fraction of sp³-hybridized carbons (Fsp3) is 0.0435. The highest BCUT2D eigenvalue weighted by Crippen LogP contribution is 2.26. The van der Waals surface area contributed by atoms with Crippen LogP contribution in [0, 0.1) is 11.6 Å². The molecule has 34 heavy (non-hydrogen) atoms. The lowest BCUT2D eigenvalue weighted by Crippen LogP contribution is -2.32. The highest BCUT2D eigenvalue weighted by Gasteiger charge is 2.19. The van der Waals surface area contributed by atoms with Gasteiger partial charge in [-0.05, 0) is 54.1 Å². The Hall–Kier alpha value is -4.15. The number of nitrogens with zero attached hydrogens (tertiary/aromatic N) is 1. The maximum Gasteiger partial charge on any atom is 0.259 e. The number of anilines is 1. The van der Waals surface area contributed by atoms with Gasteiger partial charge in [0.05, 0.1) is 16.1 Å². The largest absolute Gasteiger partial charge is 0.489 e. The van der Waals surface area contributed by atoms with E-state index in [1.807, 2.05) is 0 Å². The van der Waals surface area contributed by atoms with Crippen LogP contribution in [-0.4, -0.2) is 11.7 Å². The minimum absolute atomic E-state index is 0.00249. The van der Waals surface area contributed by atoms with Gasteiger partial charge in [-0.3, -0.25) is 4.79 Å². The molecule has 4 rings (SSSR count). The molecule has 0 aliphatic carbocycles. The van der Waals surface area contributed by atoms with Crippen molar-refractivity contribution in [2.24, 2.45) is 16.8 Å². The van der Waals surface area contributed by atoms with E-state index in [-0.39, 0.29) is 39.6 Å². The number of hydrazine groups is 1. The van der Waals surface area contributed by atoms with Crippen LogP contribution in [0.3, 0.4) is 0 Å². The summed E-state index contributed by atoms with van der Waals surface area (Å²) in [6, 6.07) is 13.4.